The Morgan fingerprint density at radius 3 is 2.88 bits per heavy atom. The molecule has 0 bridgehead atoms. The largest absolute Gasteiger partial charge is 0.423 e. The van der Waals surface area contributed by atoms with Gasteiger partial charge in [0.1, 0.15) is 5.58 Å². The normalized spacial score (nSPS) is 14.5. The second-order valence-electron chi connectivity index (χ2n) is 6.81. The topological polar surface area (TPSA) is 68.3 Å². The maximum absolute atomic E-state index is 12.4. The molecule has 0 saturated heterocycles. The molecule has 0 unspecified atom stereocenters. The first-order chi connectivity index (χ1) is 12.5. The van der Waals surface area contributed by atoms with Crippen LogP contribution in [0, 0.1) is 6.92 Å². The van der Waals surface area contributed by atoms with Crippen LogP contribution in [0.15, 0.2) is 44.6 Å². The summed E-state index contributed by atoms with van der Waals surface area (Å²) in [5, 5.41) is 0.954. The van der Waals surface area contributed by atoms with Crippen LogP contribution in [0.4, 0.5) is 0 Å². The molecule has 3 aromatic rings. The number of aromatic nitrogens is 2. The maximum Gasteiger partial charge on any atom is 0.336 e. The Morgan fingerprint density at radius 2 is 2.08 bits per heavy atom. The molecule has 26 heavy (non-hydrogen) atoms. The molecule has 0 atom stereocenters. The lowest BCUT2D eigenvalue weighted by atomic mass is 10.0. The molecule has 0 fully saturated rings. The fraction of sp³-hybridized carbons (Fsp3) is 0.350. The highest BCUT2D eigenvalue weighted by atomic mass is 16.4. The number of nitrogens with zero attached hydrogens (tertiary/aromatic N) is 3. The van der Waals surface area contributed by atoms with Crippen molar-refractivity contribution in [2.45, 2.75) is 39.9 Å². The fourth-order valence-corrected chi connectivity index (χ4v) is 3.58. The molecule has 0 spiro atoms. The van der Waals surface area contributed by atoms with Crippen molar-refractivity contribution in [3.8, 4) is 0 Å². The van der Waals surface area contributed by atoms with Crippen molar-refractivity contribution < 1.29 is 4.42 Å². The lowest BCUT2D eigenvalue weighted by Gasteiger charge is -2.28. The monoisotopic (exact) mass is 351 g/mol. The molecular formula is C20H21N3O3. The van der Waals surface area contributed by atoms with Crippen LogP contribution in [-0.4, -0.2) is 21.0 Å². The standard InChI is InChI=1S/C20H21N3O3/c1-3-23-12-21-17-11-22(7-6-16(17)20(23)25)10-14-9-19(24)26-18-8-13(2)4-5-15(14)18/h4-5,8-9,12H,3,6-7,10-11H2,1-2H3. The third-order valence-corrected chi connectivity index (χ3v) is 4.99. The van der Waals surface area contributed by atoms with E-state index in [1.807, 2.05) is 32.0 Å². The van der Waals surface area contributed by atoms with Gasteiger partial charge in [0, 0.05) is 43.2 Å². The molecule has 134 valence electrons. The summed E-state index contributed by atoms with van der Waals surface area (Å²) in [6.45, 7) is 6.56. The minimum atomic E-state index is -0.334. The van der Waals surface area contributed by atoms with Crippen LogP contribution >= 0.6 is 0 Å². The van der Waals surface area contributed by atoms with E-state index in [2.05, 4.69) is 9.88 Å². The van der Waals surface area contributed by atoms with Gasteiger partial charge in [0.25, 0.3) is 5.56 Å². The third kappa shape index (κ3) is 2.97. The van der Waals surface area contributed by atoms with E-state index in [1.54, 1.807) is 17.0 Å². The van der Waals surface area contributed by atoms with Crippen molar-refractivity contribution in [1.82, 2.24) is 14.5 Å². The Kier molecular flexibility index (Phi) is 4.20. The Balaban J connectivity index is 1.65. The van der Waals surface area contributed by atoms with Crippen molar-refractivity contribution in [1.29, 1.82) is 0 Å². The smallest absolute Gasteiger partial charge is 0.336 e. The molecule has 1 aliphatic rings. The summed E-state index contributed by atoms with van der Waals surface area (Å²) in [5.41, 5.74) is 4.02. The number of benzene rings is 1. The average molecular weight is 351 g/mol. The van der Waals surface area contributed by atoms with Crippen molar-refractivity contribution in [2.24, 2.45) is 0 Å². The third-order valence-electron chi connectivity index (χ3n) is 4.99. The zero-order chi connectivity index (χ0) is 18.3. The highest BCUT2D eigenvalue weighted by molar-refractivity contribution is 5.80. The van der Waals surface area contributed by atoms with Gasteiger partial charge in [0.15, 0.2) is 0 Å². The summed E-state index contributed by atoms with van der Waals surface area (Å²) in [4.78, 5) is 31.0. The minimum absolute atomic E-state index is 0.0680. The van der Waals surface area contributed by atoms with Crippen LogP contribution in [0.25, 0.3) is 11.0 Å². The molecule has 0 amide bonds. The summed E-state index contributed by atoms with van der Waals surface area (Å²) < 4.78 is 6.98. The maximum atomic E-state index is 12.4. The van der Waals surface area contributed by atoms with E-state index in [-0.39, 0.29) is 11.2 Å². The molecule has 0 radical (unpaired) electrons. The quantitative estimate of drug-likeness (QED) is 0.677. The van der Waals surface area contributed by atoms with Gasteiger partial charge in [-0.15, -0.1) is 0 Å². The van der Waals surface area contributed by atoms with E-state index in [1.165, 1.54) is 0 Å². The van der Waals surface area contributed by atoms with Crippen molar-refractivity contribution in [2.75, 3.05) is 6.54 Å². The minimum Gasteiger partial charge on any atom is -0.423 e. The molecular weight excluding hydrogens is 330 g/mol. The zero-order valence-corrected chi connectivity index (χ0v) is 15.0. The van der Waals surface area contributed by atoms with Gasteiger partial charge in [-0.3, -0.25) is 14.3 Å². The van der Waals surface area contributed by atoms with E-state index < -0.39 is 0 Å². The first-order valence-electron chi connectivity index (χ1n) is 8.88. The molecule has 0 N–H and O–H groups in total. The first kappa shape index (κ1) is 16.7. The summed E-state index contributed by atoms with van der Waals surface area (Å²) >= 11 is 0. The highest BCUT2D eigenvalue weighted by Crippen LogP contribution is 2.22. The second kappa shape index (κ2) is 6.53. The van der Waals surface area contributed by atoms with Crippen molar-refractivity contribution in [3.63, 3.8) is 0 Å². The van der Waals surface area contributed by atoms with Crippen molar-refractivity contribution in [3.05, 3.63) is 73.8 Å². The van der Waals surface area contributed by atoms with Crippen molar-refractivity contribution >= 4 is 11.0 Å². The molecule has 6 nitrogen and oxygen atoms in total. The molecule has 2 aromatic heterocycles. The lowest BCUT2D eigenvalue weighted by Crippen LogP contribution is -2.36. The Hall–Kier alpha value is -2.73. The Bertz CT molecular complexity index is 1100. The summed E-state index contributed by atoms with van der Waals surface area (Å²) in [5.74, 6) is 0. The van der Waals surface area contributed by atoms with E-state index in [0.717, 1.165) is 34.3 Å². The predicted octanol–water partition coefficient (Wildman–Crippen LogP) is 2.24. The SMILES string of the molecule is CCn1cnc2c(c1=O)CCN(Cc1cc(=O)oc3cc(C)ccc13)C2. The van der Waals surface area contributed by atoms with Gasteiger partial charge in [-0.1, -0.05) is 12.1 Å². The molecule has 1 aliphatic heterocycles. The summed E-state index contributed by atoms with van der Waals surface area (Å²) in [7, 11) is 0. The first-order valence-corrected chi connectivity index (χ1v) is 8.88. The van der Waals surface area contributed by atoms with Crippen LogP contribution < -0.4 is 11.2 Å². The van der Waals surface area contributed by atoms with E-state index in [0.29, 0.717) is 31.6 Å². The van der Waals surface area contributed by atoms with Gasteiger partial charge in [-0.25, -0.2) is 9.78 Å². The van der Waals surface area contributed by atoms with Gasteiger partial charge in [0.2, 0.25) is 0 Å². The highest BCUT2D eigenvalue weighted by Gasteiger charge is 2.21. The molecule has 4 rings (SSSR count). The number of fused-ring (bicyclic) bond motifs is 2. The number of hydrogen-bond donors (Lipinski definition) is 0. The molecule has 0 saturated carbocycles. The summed E-state index contributed by atoms with van der Waals surface area (Å²) in [6.07, 6.45) is 2.31. The van der Waals surface area contributed by atoms with Gasteiger partial charge >= 0.3 is 5.63 Å². The number of rotatable bonds is 3. The predicted molar refractivity (Wildman–Crippen MR) is 99.2 cm³/mol. The van der Waals surface area contributed by atoms with Gasteiger partial charge in [-0.05, 0) is 37.5 Å². The van der Waals surface area contributed by atoms with Gasteiger partial charge in [0.05, 0.1) is 12.0 Å². The Morgan fingerprint density at radius 1 is 1.23 bits per heavy atom. The van der Waals surface area contributed by atoms with Crippen LogP contribution in [0.1, 0.15) is 29.3 Å². The average Bonchev–Trinajstić information content (AvgIpc) is 2.61. The number of aryl methyl sites for hydroxylation is 2. The Labute approximate surface area is 150 Å². The van der Waals surface area contributed by atoms with Crippen LogP contribution in [0.5, 0.6) is 0 Å². The lowest BCUT2D eigenvalue weighted by molar-refractivity contribution is 0.240. The second-order valence-corrected chi connectivity index (χ2v) is 6.81. The van der Waals surface area contributed by atoms with Crippen LogP contribution in [0.2, 0.25) is 0 Å². The molecule has 3 heterocycles. The van der Waals surface area contributed by atoms with E-state index in [4.69, 9.17) is 4.42 Å². The zero-order valence-electron chi connectivity index (χ0n) is 15.0. The van der Waals surface area contributed by atoms with Crippen LogP contribution in [-0.2, 0) is 26.1 Å². The summed E-state index contributed by atoms with van der Waals surface area (Å²) in [6, 6.07) is 7.47. The number of hydrogen-bond acceptors (Lipinski definition) is 5. The van der Waals surface area contributed by atoms with Gasteiger partial charge in [-0.2, -0.15) is 0 Å². The molecule has 1 aromatic carbocycles. The molecule has 0 aliphatic carbocycles. The van der Waals surface area contributed by atoms with E-state index >= 15 is 0 Å². The fourth-order valence-electron chi connectivity index (χ4n) is 3.58. The van der Waals surface area contributed by atoms with E-state index in [9.17, 15) is 9.59 Å². The van der Waals surface area contributed by atoms with Gasteiger partial charge < -0.3 is 4.42 Å². The van der Waals surface area contributed by atoms with Crippen LogP contribution in [0.3, 0.4) is 0 Å². The molecule has 6 heteroatoms.